The zero-order chi connectivity index (χ0) is 26.6. The number of rotatable bonds is 7. The maximum absolute atomic E-state index is 13.6. The van der Waals surface area contributed by atoms with Gasteiger partial charge in [-0.25, -0.2) is 4.98 Å². The molecule has 9 heteroatoms. The van der Waals surface area contributed by atoms with Crippen molar-refractivity contribution in [1.82, 2.24) is 9.97 Å². The van der Waals surface area contributed by atoms with Crippen molar-refractivity contribution < 1.29 is 19.4 Å². The van der Waals surface area contributed by atoms with Crippen LogP contribution in [0.3, 0.4) is 0 Å². The Balaban J connectivity index is 1.29. The van der Waals surface area contributed by atoms with Crippen molar-refractivity contribution in [3.63, 3.8) is 0 Å². The molecule has 0 spiro atoms. The zero-order valence-corrected chi connectivity index (χ0v) is 22.2. The molecule has 1 saturated carbocycles. The highest BCUT2D eigenvalue weighted by atomic mass is 32.2. The first-order valence-electron chi connectivity index (χ1n) is 13.0. The Bertz CT molecular complexity index is 1290. The van der Waals surface area contributed by atoms with E-state index in [0.29, 0.717) is 24.2 Å². The molecule has 0 radical (unpaired) electrons. The summed E-state index contributed by atoms with van der Waals surface area (Å²) >= 11 is 1.47. The quantitative estimate of drug-likeness (QED) is 0.294. The van der Waals surface area contributed by atoms with E-state index >= 15 is 0 Å². The first-order chi connectivity index (χ1) is 18.4. The molecule has 1 fully saturated rings. The summed E-state index contributed by atoms with van der Waals surface area (Å²) in [5, 5.41) is 9.64. The highest BCUT2D eigenvalue weighted by Crippen LogP contribution is 2.39. The van der Waals surface area contributed by atoms with Gasteiger partial charge in [0, 0.05) is 17.4 Å². The fourth-order valence-corrected chi connectivity index (χ4v) is 6.23. The molecule has 5 rings (SSSR count). The lowest BCUT2D eigenvalue weighted by Crippen LogP contribution is -2.32. The molecule has 3 aromatic rings. The molecule has 38 heavy (non-hydrogen) atoms. The van der Waals surface area contributed by atoms with E-state index < -0.39 is 5.97 Å². The van der Waals surface area contributed by atoms with Crippen LogP contribution in [0.25, 0.3) is 0 Å². The van der Waals surface area contributed by atoms with Crippen LogP contribution >= 0.6 is 11.8 Å². The largest absolute Gasteiger partial charge is 0.481 e. The number of nitrogens with zero attached hydrogens (tertiary/aromatic N) is 3. The van der Waals surface area contributed by atoms with Crippen LogP contribution in [0.1, 0.15) is 71.7 Å². The van der Waals surface area contributed by atoms with Crippen LogP contribution in [0, 0.1) is 5.92 Å². The van der Waals surface area contributed by atoms with Gasteiger partial charge >= 0.3 is 5.97 Å². The number of nitrogen functional groups attached to an aromatic ring is 1. The molecule has 198 valence electrons. The van der Waals surface area contributed by atoms with Crippen molar-refractivity contribution in [1.29, 1.82) is 0 Å². The fraction of sp³-hybridized carbons (Fsp3) is 0.379. The molecule has 2 aliphatic rings. The Hall–Kier alpha value is -3.59. The summed E-state index contributed by atoms with van der Waals surface area (Å²) in [5.74, 6) is 0.0342. The maximum atomic E-state index is 13.6. The van der Waals surface area contributed by atoms with E-state index in [1.54, 1.807) is 4.90 Å². The minimum Gasteiger partial charge on any atom is -0.481 e. The average molecular weight is 533 g/mol. The van der Waals surface area contributed by atoms with Gasteiger partial charge in [0.25, 0.3) is 5.91 Å². The van der Waals surface area contributed by atoms with Gasteiger partial charge in [-0.1, -0.05) is 54.2 Å². The van der Waals surface area contributed by atoms with Gasteiger partial charge in [-0.05, 0) is 67.7 Å². The van der Waals surface area contributed by atoms with Crippen molar-refractivity contribution in [3.05, 3.63) is 71.3 Å². The van der Waals surface area contributed by atoms with Gasteiger partial charge in [-0.3, -0.25) is 9.59 Å². The van der Waals surface area contributed by atoms with Gasteiger partial charge in [-0.15, -0.1) is 0 Å². The average Bonchev–Trinajstić information content (AvgIpc) is 3.08. The molecule has 1 amide bonds. The second-order valence-electron chi connectivity index (χ2n) is 9.95. The van der Waals surface area contributed by atoms with Crippen LogP contribution in [0.4, 0.5) is 11.5 Å². The van der Waals surface area contributed by atoms with Crippen molar-refractivity contribution >= 4 is 35.1 Å². The molecular formula is C29H32N4O4S. The van der Waals surface area contributed by atoms with Crippen LogP contribution in [-0.2, 0) is 4.79 Å². The van der Waals surface area contributed by atoms with E-state index in [-0.39, 0.29) is 40.8 Å². The first kappa shape index (κ1) is 26.0. The van der Waals surface area contributed by atoms with Crippen LogP contribution in [0.15, 0.2) is 59.8 Å². The lowest BCUT2D eigenvalue weighted by molar-refractivity contribution is -0.138. The minimum absolute atomic E-state index is 0.109. The summed E-state index contributed by atoms with van der Waals surface area (Å²) in [6.07, 6.45) is 4.09. The van der Waals surface area contributed by atoms with E-state index in [0.717, 1.165) is 36.9 Å². The number of carbonyl (C=O) groups excluding carboxylic acids is 1. The molecule has 1 aliphatic heterocycles. The van der Waals surface area contributed by atoms with Crippen LogP contribution in [0.5, 0.6) is 5.88 Å². The number of amides is 1. The number of anilines is 2. The Morgan fingerprint density at radius 3 is 2.50 bits per heavy atom. The van der Waals surface area contributed by atoms with Gasteiger partial charge in [0.1, 0.15) is 18.0 Å². The highest BCUT2D eigenvalue weighted by molar-refractivity contribution is 7.99. The number of fused-ring (bicyclic) bond motifs is 1. The normalized spacial score (nSPS) is 20.2. The molecule has 2 aromatic carbocycles. The summed E-state index contributed by atoms with van der Waals surface area (Å²) in [5.41, 5.74) is 9.62. The Morgan fingerprint density at radius 2 is 1.82 bits per heavy atom. The number of benzene rings is 2. The molecule has 1 aliphatic carbocycles. The SMILES string of the molecule is CC(Sc1nc(N)c2c(n1)OCCN(c1ccc(C3CCC(CC(=O)O)CC3)cc1)C2=O)c1ccccc1. The topological polar surface area (TPSA) is 119 Å². The smallest absolute Gasteiger partial charge is 0.303 e. The lowest BCUT2D eigenvalue weighted by atomic mass is 9.77. The Morgan fingerprint density at radius 1 is 1.11 bits per heavy atom. The third-order valence-electron chi connectivity index (χ3n) is 7.43. The number of hydrogen-bond acceptors (Lipinski definition) is 7. The predicted octanol–water partition coefficient (Wildman–Crippen LogP) is 5.70. The number of hydrogen-bond donors (Lipinski definition) is 2. The number of aromatic nitrogens is 2. The van der Waals surface area contributed by atoms with E-state index in [1.165, 1.54) is 17.3 Å². The fourth-order valence-electron chi connectivity index (χ4n) is 5.33. The van der Waals surface area contributed by atoms with Gasteiger partial charge < -0.3 is 20.5 Å². The van der Waals surface area contributed by atoms with E-state index in [9.17, 15) is 9.59 Å². The second kappa shape index (κ2) is 11.4. The van der Waals surface area contributed by atoms with Gasteiger partial charge in [-0.2, -0.15) is 4.98 Å². The highest BCUT2D eigenvalue weighted by Gasteiger charge is 2.30. The Kier molecular flexibility index (Phi) is 7.83. The number of thioether (sulfide) groups is 1. The van der Waals surface area contributed by atoms with E-state index in [4.69, 9.17) is 15.6 Å². The maximum Gasteiger partial charge on any atom is 0.303 e. The van der Waals surface area contributed by atoms with Crippen molar-refractivity contribution in [2.45, 2.75) is 55.4 Å². The van der Waals surface area contributed by atoms with Gasteiger partial charge in [0.15, 0.2) is 5.16 Å². The first-order valence-corrected chi connectivity index (χ1v) is 13.9. The van der Waals surface area contributed by atoms with Crippen molar-refractivity contribution in [3.8, 4) is 5.88 Å². The third kappa shape index (κ3) is 5.78. The molecule has 2 heterocycles. The summed E-state index contributed by atoms with van der Waals surface area (Å²) in [6.45, 7) is 2.74. The lowest BCUT2D eigenvalue weighted by Gasteiger charge is -2.28. The number of carbonyl (C=O) groups is 2. The monoisotopic (exact) mass is 532 g/mol. The molecule has 8 nitrogen and oxygen atoms in total. The Labute approximate surface area is 226 Å². The summed E-state index contributed by atoms with van der Waals surface area (Å²) in [4.78, 5) is 35.2. The van der Waals surface area contributed by atoms with Gasteiger partial charge in [0.05, 0.1) is 6.54 Å². The summed E-state index contributed by atoms with van der Waals surface area (Å²) < 4.78 is 5.89. The molecule has 1 atom stereocenters. The number of carboxylic acids is 1. The van der Waals surface area contributed by atoms with Crippen molar-refractivity contribution in [2.75, 3.05) is 23.8 Å². The second-order valence-corrected chi connectivity index (χ2v) is 11.3. The number of nitrogens with two attached hydrogens (primary N) is 1. The molecule has 3 N–H and O–H groups in total. The van der Waals surface area contributed by atoms with Gasteiger partial charge in [0.2, 0.25) is 5.88 Å². The molecule has 1 aromatic heterocycles. The van der Waals surface area contributed by atoms with E-state index in [1.807, 2.05) is 30.3 Å². The molecule has 1 unspecified atom stereocenters. The summed E-state index contributed by atoms with van der Waals surface area (Å²) in [6, 6.07) is 18.1. The van der Waals surface area contributed by atoms with Crippen LogP contribution in [-0.4, -0.2) is 40.1 Å². The van der Waals surface area contributed by atoms with Crippen LogP contribution in [0.2, 0.25) is 0 Å². The number of aliphatic carboxylic acids is 1. The van der Waals surface area contributed by atoms with Crippen LogP contribution < -0.4 is 15.4 Å². The predicted molar refractivity (Wildman–Crippen MR) is 148 cm³/mol. The summed E-state index contributed by atoms with van der Waals surface area (Å²) in [7, 11) is 0. The van der Waals surface area contributed by atoms with E-state index in [2.05, 4.69) is 41.2 Å². The standard InChI is InChI=1S/C29H32N4O4S/c1-18(20-5-3-2-4-6-20)38-29-31-26(30)25-27(32-29)37-16-15-33(28(25)36)23-13-11-22(12-14-23)21-9-7-19(8-10-21)17-24(34)35/h2-6,11-14,18-19,21H,7-10,15-17H2,1H3,(H,34,35)(H2,30,31,32). The van der Waals surface area contributed by atoms with Crippen molar-refractivity contribution in [2.24, 2.45) is 5.92 Å². The minimum atomic E-state index is -0.715. The molecular weight excluding hydrogens is 500 g/mol. The number of ether oxygens (including phenoxy) is 1. The number of carboxylic acid groups (broad SMARTS) is 1. The third-order valence-corrected chi connectivity index (χ3v) is 8.45. The molecule has 0 bridgehead atoms. The zero-order valence-electron chi connectivity index (χ0n) is 21.4. The molecule has 0 saturated heterocycles.